The third kappa shape index (κ3) is 4.89. The summed E-state index contributed by atoms with van der Waals surface area (Å²) >= 11 is 0. The largest absolute Gasteiger partial charge is 0.444 e. The van der Waals surface area contributed by atoms with Crippen molar-refractivity contribution < 1.29 is 9.53 Å². The second-order valence-corrected chi connectivity index (χ2v) is 5.10. The van der Waals surface area contributed by atoms with Crippen molar-refractivity contribution >= 4 is 12.3 Å². The number of amides is 1. The summed E-state index contributed by atoms with van der Waals surface area (Å²) in [6, 6.07) is 0.249. The average molecular weight is 239 g/mol. The first kappa shape index (κ1) is 13.5. The number of rotatable bonds is 3. The van der Waals surface area contributed by atoms with Crippen molar-refractivity contribution in [3.8, 4) is 0 Å². The number of allylic oxidation sites excluding steroid dienone is 1. The second-order valence-electron chi connectivity index (χ2n) is 5.10. The van der Waals surface area contributed by atoms with Crippen LogP contribution >= 0.6 is 0 Å². The topological polar surface area (TPSA) is 65.4 Å². The van der Waals surface area contributed by atoms with Gasteiger partial charge in [-0.05, 0) is 39.5 Å². The van der Waals surface area contributed by atoms with Gasteiger partial charge in [-0.25, -0.2) is 4.79 Å². The zero-order valence-electron chi connectivity index (χ0n) is 10.7. The normalized spacial score (nSPS) is 20.6. The molecule has 1 saturated heterocycles. The zero-order chi connectivity index (χ0) is 12.9. The first-order valence-corrected chi connectivity index (χ1v) is 5.82. The maximum Gasteiger partial charge on any atom is 0.410 e. The molecule has 5 heteroatoms. The van der Waals surface area contributed by atoms with Gasteiger partial charge in [-0.3, -0.25) is 0 Å². The fraction of sp³-hybridized carbons (Fsp3) is 0.667. The molecule has 2 N–H and O–H groups in total. The van der Waals surface area contributed by atoms with E-state index in [1.165, 1.54) is 6.21 Å². The van der Waals surface area contributed by atoms with Crippen LogP contribution in [-0.2, 0) is 4.74 Å². The van der Waals surface area contributed by atoms with Gasteiger partial charge in [0.05, 0.1) is 0 Å². The number of carbonyl (C=O) groups is 1. The Morgan fingerprint density at radius 2 is 2.24 bits per heavy atom. The van der Waals surface area contributed by atoms with Gasteiger partial charge < -0.3 is 20.4 Å². The van der Waals surface area contributed by atoms with Gasteiger partial charge >= 0.3 is 6.09 Å². The van der Waals surface area contributed by atoms with Gasteiger partial charge in [0.15, 0.2) is 0 Å². The molecule has 96 valence electrons. The Morgan fingerprint density at radius 1 is 1.53 bits per heavy atom. The minimum absolute atomic E-state index is 0.249. The van der Waals surface area contributed by atoms with Gasteiger partial charge in [0.25, 0.3) is 0 Å². The molecule has 0 aromatic heterocycles. The summed E-state index contributed by atoms with van der Waals surface area (Å²) in [5.74, 6) is 0. The summed E-state index contributed by atoms with van der Waals surface area (Å²) < 4.78 is 5.30. The van der Waals surface area contributed by atoms with Crippen LogP contribution in [0, 0.1) is 5.41 Å². The van der Waals surface area contributed by atoms with Gasteiger partial charge in [-0.15, -0.1) is 0 Å². The van der Waals surface area contributed by atoms with Crippen molar-refractivity contribution in [1.29, 1.82) is 5.41 Å². The van der Waals surface area contributed by atoms with E-state index in [1.54, 1.807) is 17.2 Å². The molecule has 0 aliphatic carbocycles. The summed E-state index contributed by atoms with van der Waals surface area (Å²) in [4.78, 5) is 13.5. The maximum atomic E-state index is 11.8. The van der Waals surface area contributed by atoms with Gasteiger partial charge in [0.1, 0.15) is 5.60 Å². The SMILES string of the molecule is CC(C)(C)OC(=O)N1CCC(N/C=C\C=N)C1. The lowest BCUT2D eigenvalue weighted by Gasteiger charge is -2.24. The fourth-order valence-electron chi connectivity index (χ4n) is 1.63. The van der Waals surface area contributed by atoms with Crippen molar-refractivity contribution in [3.05, 3.63) is 12.3 Å². The second kappa shape index (κ2) is 5.70. The van der Waals surface area contributed by atoms with Crippen molar-refractivity contribution in [1.82, 2.24) is 10.2 Å². The van der Waals surface area contributed by atoms with Crippen LogP contribution in [0.1, 0.15) is 27.2 Å². The number of likely N-dealkylation sites (tertiary alicyclic amines) is 1. The number of carbonyl (C=O) groups excluding carboxylic acids is 1. The number of hydrogen-bond acceptors (Lipinski definition) is 4. The first-order chi connectivity index (χ1) is 7.92. The van der Waals surface area contributed by atoms with Crippen molar-refractivity contribution in [3.63, 3.8) is 0 Å². The summed E-state index contributed by atoms with van der Waals surface area (Å²) in [7, 11) is 0. The molecule has 0 radical (unpaired) electrons. The predicted molar refractivity (Wildman–Crippen MR) is 67.3 cm³/mol. The molecule has 1 heterocycles. The van der Waals surface area contributed by atoms with Crippen molar-refractivity contribution in [2.45, 2.75) is 38.8 Å². The van der Waals surface area contributed by atoms with E-state index in [0.29, 0.717) is 13.1 Å². The summed E-state index contributed by atoms with van der Waals surface area (Å²) in [5, 5.41) is 10.00. The Kier molecular flexibility index (Phi) is 4.54. The van der Waals surface area contributed by atoms with Crippen LogP contribution in [0.5, 0.6) is 0 Å². The van der Waals surface area contributed by atoms with Crippen LogP contribution in [-0.4, -0.2) is 41.9 Å². The molecule has 5 nitrogen and oxygen atoms in total. The van der Waals surface area contributed by atoms with E-state index < -0.39 is 5.60 Å². The highest BCUT2D eigenvalue weighted by Crippen LogP contribution is 2.15. The Balaban J connectivity index is 2.37. The minimum atomic E-state index is -0.442. The van der Waals surface area contributed by atoms with E-state index in [2.05, 4.69) is 5.32 Å². The van der Waals surface area contributed by atoms with E-state index in [4.69, 9.17) is 10.1 Å². The van der Waals surface area contributed by atoms with Crippen LogP contribution in [0.25, 0.3) is 0 Å². The molecule has 17 heavy (non-hydrogen) atoms. The highest BCUT2D eigenvalue weighted by Gasteiger charge is 2.28. The van der Waals surface area contributed by atoms with Gasteiger partial charge in [0, 0.05) is 25.3 Å². The number of nitrogens with zero attached hydrogens (tertiary/aromatic N) is 1. The number of nitrogens with one attached hydrogen (secondary N) is 2. The Morgan fingerprint density at radius 3 is 2.82 bits per heavy atom. The maximum absolute atomic E-state index is 11.8. The van der Waals surface area contributed by atoms with E-state index in [9.17, 15) is 4.79 Å². The third-order valence-corrected chi connectivity index (χ3v) is 2.36. The molecule has 1 atom stereocenters. The molecule has 1 aliphatic heterocycles. The molecule has 1 unspecified atom stereocenters. The quantitative estimate of drug-likeness (QED) is 0.737. The lowest BCUT2D eigenvalue weighted by molar-refractivity contribution is 0.0291. The zero-order valence-corrected chi connectivity index (χ0v) is 10.7. The monoisotopic (exact) mass is 239 g/mol. The molecular weight excluding hydrogens is 218 g/mol. The summed E-state index contributed by atoms with van der Waals surface area (Å²) in [6.45, 7) is 6.96. The predicted octanol–water partition coefficient (Wildman–Crippen LogP) is 1.75. The summed E-state index contributed by atoms with van der Waals surface area (Å²) in [5.41, 5.74) is -0.442. The van der Waals surface area contributed by atoms with Crippen LogP contribution in [0.4, 0.5) is 4.79 Å². The standard InChI is InChI=1S/C12H21N3O2/c1-12(2,3)17-11(16)15-8-5-10(9-15)14-7-4-6-13/h4,6-7,10,13-14H,5,8-9H2,1-3H3/b7-4-,13-6?. The number of ether oxygens (including phenoxy) is 1. The molecule has 0 saturated carbocycles. The van der Waals surface area contributed by atoms with Gasteiger partial charge in [-0.2, -0.15) is 0 Å². The first-order valence-electron chi connectivity index (χ1n) is 5.82. The van der Waals surface area contributed by atoms with E-state index in [-0.39, 0.29) is 12.1 Å². The molecular formula is C12H21N3O2. The van der Waals surface area contributed by atoms with Crippen LogP contribution in [0.3, 0.4) is 0 Å². The van der Waals surface area contributed by atoms with Gasteiger partial charge in [0.2, 0.25) is 0 Å². The molecule has 1 aliphatic rings. The molecule has 0 aromatic rings. The lowest BCUT2D eigenvalue weighted by Crippen LogP contribution is -2.37. The molecule has 0 spiro atoms. The van der Waals surface area contributed by atoms with E-state index in [0.717, 1.165) is 6.42 Å². The Labute approximate surface area is 102 Å². The van der Waals surface area contributed by atoms with Crippen molar-refractivity contribution in [2.75, 3.05) is 13.1 Å². The molecule has 1 amide bonds. The van der Waals surface area contributed by atoms with Crippen molar-refractivity contribution in [2.24, 2.45) is 0 Å². The molecule has 0 aromatic carbocycles. The highest BCUT2D eigenvalue weighted by atomic mass is 16.6. The smallest absolute Gasteiger partial charge is 0.410 e. The highest BCUT2D eigenvalue weighted by molar-refractivity contribution is 5.68. The van der Waals surface area contributed by atoms with Crippen LogP contribution < -0.4 is 5.32 Å². The minimum Gasteiger partial charge on any atom is -0.444 e. The lowest BCUT2D eigenvalue weighted by atomic mass is 10.2. The van der Waals surface area contributed by atoms with E-state index in [1.807, 2.05) is 20.8 Å². The van der Waals surface area contributed by atoms with E-state index >= 15 is 0 Å². The van der Waals surface area contributed by atoms with Gasteiger partial charge in [-0.1, -0.05) is 0 Å². The van der Waals surface area contributed by atoms with Crippen LogP contribution in [0.2, 0.25) is 0 Å². The summed E-state index contributed by atoms with van der Waals surface area (Å²) in [6.07, 6.45) is 5.22. The molecule has 1 fully saturated rings. The Bertz CT molecular complexity index is 307. The molecule has 0 bridgehead atoms. The average Bonchev–Trinajstić information content (AvgIpc) is 2.64. The Hall–Kier alpha value is -1.52. The third-order valence-electron chi connectivity index (χ3n) is 2.36. The van der Waals surface area contributed by atoms with Crippen LogP contribution in [0.15, 0.2) is 12.3 Å². The fourth-order valence-corrected chi connectivity index (χ4v) is 1.63. The number of hydrogen-bond donors (Lipinski definition) is 2. The molecule has 1 rings (SSSR count).